The predicted molar refractivity (Wildman–Crippen MR) is 89.4 cm³/mol. The fourth-order valence-electron chi connectivity index (χ4n) is 2.04. The van der Waals surface area contributed by atoms with Crippen LogP contribution >= 0.6 is 0 Å². The van der Waals surface area contributed by atoms with Crippen molar-refractivity contribution in [3.8, 4) is 0 Å². The summed E-state index contributed by atoms with van der Waals surface area (Å²) >= 11 is 0. The van der Waals surface area contributed by atoms with E-state index in [0.29, 0.717) is 18.2 Å². The number of carbonyl (C=O) groups excluding carboxylic acids is 1. The number of benzene rings is 1. The van der Waals surface area contributed by atoms with E-state index in [9.17, 15) is 4.79 Å². The lowest BCUT2D eigenvalue weighted by Gasteiger charge is -2.14. The SMILES string of the molecule is CCc1ccc([C@H](C)NC(=O)CO/N=C(\N)CC(C)C)cc1. The van der Waals surface area contributed by atoms with E-state index in [-0.39, 0.29) is 18.6 Å². The van der Waals surface area contributed by atoms with Crippen LogP contribution in [0.4, 0.5) is 0 Å². The van der Waals surface area contributed by atoms with Crippen LogP contribution in [-0.2, 0) is 16.1 Å². The Balaban J connectivity index is 2.40. The molecule has 0 saturated carbocycles. The van der Waals surface area contributed by atoms with Crippen molar-refractivity contribution in [2.45, 2.75) is 46.6 Å². The number of carbonyl (C=O) groups is 1. The predicted octanol–water partition coefficient (Wildman–Crippen LogP) is 2.76. The minimum atomic E-state index is -0.215. The fraction of sp³-hybridized carbons (Fsp3) is 0.529. The third-order valence-electron chi connectivity index (χ3n) is 3.26. The van der Waals surface area contributed by atoms with Crippen molar-refractivity contribution in [3.63, 3.8) is 0 Å². The molecule has 5 heteroatoms. The Hall–Kier alpha value is -2.04. The van der Waals surface area contributed by atoms with Crippen molar-refractivity contribution in [2.75, 3.05) is 6.61 Å². The number of oxime groups is 1. The van der Waals surface area contributed by atoms with Gasteiger partial charge < -0.3 is 15.9 Å². The minimum Gasteiger partial charge on any atom is -0.384 e. The van der Waals surface area contributed by atoms with Crippen LogP contribution < -0.4 is 11.1 Å². The van der Waals surface area contributed by atoms with Gasteiger partial charge in [0.25, 0.3) is 5.91 Å². The molecule has 0 aliphatic carbocycles. The van der Waals surface area contributed by atoms with Gasteiger partial charge in [0.15, 0.2) is 6.61 Å². The van der Waals surface area contributed by atoms with Crippen molar-refractivity contribution in [1.29, 1.82) is 0 Å². The van der Waals surface area contributed by atoms with Crippen LogP contribution in [0.1, 0.15) is 51.3 Å². The topological polar surface area (TPSA) is 76.7 Å². The smallest absolute Gasteiger partial charge is 0.261 e. The lowest BCUT2D eigenvalue weighted by molar-refractivity contribution is -0.126. The van der Waals surface area contributed by atoms with Gasteiger partial charge in [-0.1, -0.05) is 50.2 Å². The zero-order chi connectivity index (χ0) is 16.5. The zero-order valence-corrected chi connectivity index (χ0v) is 13.9. The van der Waals surface area contributed by atoms with Gasteiger partial charge in [-0.25, -0.2) is 0 Å². The lowest BCUT2D eigenvalue weighted by atomic mass is 10.1. The summed E-state index contributed by atoms with van der Waals surface area (Å²) in [6.45, 7) is 8.01. The number of rotatable bonds is 8. The maximum absolute atomic E-state index is 11.8. The van der Waals surface area contributed by atoms with Crippen molar-refractivity contribution in [1.82, 2.24) is 5.32 Å². The zero-order valence-electron chi connectivity index (χ0n) is 13.9. The molecule has 0 aliphatic heterocycles. The molecule has 0 heterocycles. The molecule has 1 rings (SSSR count). The van der Waals surface area contributed by atoms with Crippen molar-refractivity contribution >= 4 is 11.7 Å². The first kappa shape index (κ1) is 18.0. The molecular formula is C17H27N3O2. The first-order valence-corrected chi connectivity index (χ1v) is 7.74. The molecule has 0 aromatic heterocycles. The van der Waals surface area contributed by atoms with Crippen LogP contribution in [0.5, 0.6) is 0 Å². The highest BCUT2D eigenvalue weighted by atomic mass is 16.6. The lowest BCUT2D eigenvalue weighted by Crippen LogP contribution is -2.30. The van der Waals surface area contributed by atoms with Crippen LogP contribution in [0.25, 0.3) is 0 Å². The minimum absolute atomic E-state index is 0.0704. The van der Waals surface area contributed by atoms with E-state index in [4.69, 9.17) is 10.6 Å². The molecule has 122 valence electrons. The Bertz CT molecular complexity index is 495. The molecule has 22 heavy (non-hydrogen) atoms. The van der Waals surface area contributed by atoms with E-state index in [1.165, 1.54) is 5.56 Å². The van der Waals surface area contributed by atoms with Crippen molar-refractivity contribution in [2.24, 2.45) is 16.8 Å². The van der Waals surface area contributed by atoms with E-state index in [1.807, 2.05) is 32.9 Å². The molecule has 0 radical (unpaired) electrons. The van der Waals surface area contributed by atoms with E-state index >= 15 is 0 Å². The summed E-state index contributed by atoms with van der Waals surface area (Å²) in [6.07, 6.45) is 1.66. The highest BCUT2D eigenvalue weighted by Crippen LogP contribution is 2.13. The quantitative estimate of drug-likeness (QED) is 0.440. The normalized spacial score (nSPS) is 13.0. The fourth-order valence-corrected chi connectivity index (χ4v) is 2.04. The first-order valence-electron chi connectivity index (χ1n) is 7.74. The average molecular weight is 305 g/mol. The number of nitrogens with one attached hydrogen (secondary N) is 1. The van der Waals surface area contributed by atoms with Crippen LogP contribution in [0.15, 0.2) is 29.4 Å². The molecule has 0 bridgehead atoms. The highest BCUT2D eigenvalue weighted by Gasteiger charge is 2.10. The van der Waals surface area contributed by atoms with E-state index in [1.54, 1.807) is 0 Å². The van der Waals surface area contributed by atoms with Crippen molar-refractivity contribution in [3.05, 3.63) is 35.4 Å². The second-order valence-electron chi connectivity index (χ2n) is 5.84. The number of hydrogen-bond acceptors (Lipinski definition) is 3. The number of nitrogens with zero attached hydrogens (tertiary/aromatic N) is 1. The standard InChI is InChI=1S/C17H27N3O2/c1-5-14-6-8-15(9-7-14)13(4)19-17(21)11-22-20-16(18)10-12(2)3/h6-9,12-13H,5,10-11H2,1-4H3,(H2,18,20)(H,19,21)/t13-/m0/s1. The summed E-state index contributed by atoms with van der Waals surface area (Å²) < 4.78 is 0. The molecule has 1 aromatic carbocycles. The van der Waals surface area contributed by atoms with Gasteiger partial charge in [0.05, 0.1) is 6.04 Å². The maximum Gasteiger partial charge on any atom is 0.261 e. The third-order valence-corrected chi connectivity index (χ3v) is 3.26. The maximum atomic E-state index is 11.8. The number of hydrogen-bond donors (Lipinski definition) is 2. The summed E-state index contributed by atoms with van der Waals surface area (Å²) in [7, 11) is 0. The number of amidine groups is 1. The van der Waals surface area contributed by atoms with Gasteiger partial charge in [0.1, 0.15) is 5.84 Å². The largest absolute Gasteiger partial charge is 0.384 e. The van der Waals surface area contributed by atoms with Gasteiger partial charge in [-0.2, -0.15) is 0 Å². The van der Waals surface area contributed by atoms with Gasteiger partial charge in [0, 0.05) is 6.42 Å². The molecule has 1 atom stereocenters. The summed E-state index contributed by atoms with van der Waals surface area (Å²) in [4.78, 5) is 16.8. The van der Waals surface area contributed by atoms with Gasteiger partial charge in [-0.05, 0) is 30.4 Å². The molecule has 0 saturated heterocycles. The monoisotopic (exact) mass is 305 g/mol. The molecule has 1 aromatic rings. The Morgan fingerprint density at radius 1 is 1.27 bits per heavy atom. The van der Waals surface area contributed by atoms with Gasteiger partial charge in [-0.15, -0.1) is 0 Å². The first-order chi connectivity index (χ1) is 10.4. The Morgan fingerprint density at radius 3 is 2.45 bits per heavy atom. The van der Waals surface area contributed by atoms with Crippen LogP contribution in [-0.4, -0.2) is 18.3 Å². The molecule has 0 unspecified atom stereocenters. The highest BCUT2D eigenvalue weighted by molar-refractivity contribution is 5.80. The second-order valence-corrected chi connectivity index (χ2v) is 5.84. The molecule has 0 fully saturated rings. The van der Waals surface area contributed by atoms with Gasteiger partial charge in [0.2, 0.25) is 0 Å². The summed E-state index contributed by atoms with van der Waals surface area (Å²) in [5.74, 6) is 0.603. The molecule has 5 nitrogen and oxygen atoms in total. The summed E-state index contributed by atoms with van der Waals surface area (Å²) in [5.41, 5.74) is 8.02. The van der Waals surface area contributed by atoms with Crippen LogP contribution in [0.2, 0.25) is 0 Å². The van der Waals surface area contributed by atoms with Gasteiger partial charge in [-0.3, -0.25) is 4.79 Å². The van der Waals surface area contributed by atoms with E-state index < -0.39 is 0 Å². The molecule has 0 aliphatic rings. The molecular weight excluding hydrogens is 278 g/mol. The summed E-state index contributed by atoms with van der Waals surface area (Å²) in [6, 6.07) is 8.14. The second kappa shape index (κ2) is 9.07. The van der Waals surface area contributed by atoms with Crippen molar-refractivity contribution < 1.29 is 9.63 Å². The van der Waals surface area contributed by atoms with Gasteiger partial charge >= 0.3 is 0 Å². The number of nitrogens with two attached hydrogens (primary N) is 1. The number of amides is 1. The van der Waals surface area contributed by atoms with E-state index in [2.05, 4.69) is 29.5 Å². The Morgan fingerprint density at radius 2 is 1.91 bits per heavy atom. The molecule has 3 N–H and O–H groups in total. The number of aryl methyl sites for hydroxylation is 1. The van der Waals surface area contributed by atoms with Crippen LogP contribution in [0, 0.1) is 5.92 Å². The molecule has 1 amide bonds. The average Bonchev–Trinajstić information content (AvgIpc) is 2.46. The Kier molecular flexibility index (Phi) is 7.43. The molecule has 0 spiro atoms. The van der Waals surface area contributed by atoms with E-state index in [0.717, 1.165) is 12.0 Å². The summed E-state index contributed by atoms with van der Waals surface area (Å²) in [5, 5.41) is 6.61. The Labute approximate surface area is 132 Å². The van der Waals surface area contributed by atoms with Crippen LogP contribution in [0.3, 0.4) is 0 Å². The third kappa shape index (κ3) is 6.61.